The average molecular weight is 686 g/mol. The van der Waals surface area contributed by atoms with Crippen LogP contribution in [0.2, 0.25) is 0 Å². The lowest BCUT2D eigenvalue weighted by molar-refractivity contribution is -0.145. The summed E-state index contributed by atoms with van der Waals surface area (Å²) in [5, 5.41) is 27.7. The number of nitrogens with zero attached hydrogens (tertiary/aromatic N) is 1. The highest BCUT2D eigenvalue weighted by molar-refractivity contribution is 5.96. The van der Waals surface area contributed by atoms with E-state index >= 15 is 0 Å². The van der Waals surface area contributed by atoms with E-state index in [9.17, 15) is 34.2 Å². The molecule has 12 nitrogen and oxygen atoms in total. The molecule has 0 aliphatic carbocycles. The first-order valence-electron chi connectivity index (χ1n) is 17.0. The minimum Gasteiger partial charge on any atom is -0.508 e. The van der Waals surface area contributed by atoms with Crippen molar-refractivity contribution in [3.05, 3.63) is 102 Å². The molecule has 12 heteroatoms. The fraction of sp³-hybridized carbons (Fsp3) is 0.395. The monoisotopic (exact) mass is 685 g/mol. The molecule has 1 saturated heterocycles. The van der Waals surface area contributed by atoms with Crippen molar-refractivity contribution in [2.75, 3.05) is 6.54 Å². The molecule has 3 aromatic carbocycles. The van der Waals surface area contributed by atoms with Crippen LogP contribution in [0.3, 0.4) is 0 Å². The third kappa shape index (κ3) is 10.4. The maximum Gasteiger partial charge on any atom is 0.326 e. The number of nitrogens with one attached hydrogen (secondary N) is 3. The molecule has 0 unspecified atom stereocenters. The number of hydrogen-bond acceptors (Lipinski definition) is 7. The number of carboxylic acid groups (broad SMARTS) is 1. The maximum absolute atomic E-state index is 14.1. The van der Waals surface area contributed by atoms with Crippen molar-refractivity contribution in [3.8, 4) is 5.75 Å². The number of carbonyl (C=O) groups excluding carboxylic acids is 4. The van der Waals surface area contributed by atoms with Crippen molar-refractivity contribution in [3.63, 3.8) is 0 Å². The van der Waals surface area contributed by atoms with Crippen LogP contribution in [0.5, 0.6) is 5.75 Å². The van der Waals surface area contributed by atoms with Crippen LogP contribution >= 0.6 is 0 Å². The molecule has 0 radical (unpaired) electrons. The van der Waals surface area contributed by atoms with Gasteiger partial charge in [-0.3, -0.25) is 19.2 Å². The molecule has 1 aliphatic heterocycles. The van der Waals surface area contributed by atoms with E-state index in [1.807, 2.05) is 74.5 Å². The zero-order valence-electron chi connectivity index (χ0n) is 28.5. The second-order valence-electron chi connectivity index (χ2n) is 12.9. The number of hydrogen-bond donors (Lipinski definition) is 6. The third-order valence-electron chi connectivity index (χ3n) is 9.16. The molecule has 6 atom stereocenters. The number of amides is 4. The van der Waals surface area contributed by atoms with Crippen molar-refractivity contribution in [1.29, 1.82) is 0 Å². The predicted octanol–water partition coefficient (Wildman–Crippen LogP) is 2.32. The Morgan fingerprint density at radius 1 is 0.780 bits per heavy atom. The number of likely N-dealkylation sites (tertiary alicyclic amines) is 1. The number of benzene rings is 3. The molecule has 0 saturated carbocycles. The largest absolute Gasteiger partial charge is 0.508 e. The number of aliphatic carboxylic acids is 1. The van der Waals surface area contributed by atoms with Crippen LogP contribution in [0.15, 0.2) is 84.9 Å². The molecule has 1 heterocycles. The summed E-state index contributed by atoms with van der Waals surface area (Å²) in [5.41, 5.74) is 8.53. The number of aromatic hydroxyl groups is 1. The van der Waals surface area contributed by atoms with Gasteiger partial charge in [0.05, 0.1) is 6.04 Å². The van der Waals surface area contributed by atoms with E-state index in [2.05, 4.69) is 16.0 Å². The van der Waals surface area contributed by atoms with Crippen LogP contribution in [-0.4, -0.2) is 81.5 Å². The topological polar surface area (TPSA) is 191 Å². The predicted molar refractivity (Wildman–Crippen MR) is 188 cm³/mol. The molecule has 0 spiro atoms. The lowest BCUT2D eigenvalue weighted by Gasteiger charge is -2.33. The third-order valence-corrected chi connectivity index (χ3v) is 9.16. The number of phenols is 1. The summed E-state index contributed by atoms with van der Waals surface area (Å²) in [6, 6.07) is 19.4. The highest BCUT2D eigenvalue weighted by Crippen LogP contribution is 2.22. The van der Waals surface area contributed by atoms with Gasteiger partial charge < -0.3 is 36.8 Å². The Morgan fingerprint density at radius 2 is 1.34 bits per heavy atom. The molecule has 7 N–H and O–H groups in total. The lowest BCUT2D eigenvalue weighted by atomic mass is 9.96. The van der Waals surface area contributed by atoms with Crippen molar-refractivity contribution >= 4 is 29.6 Å². The lowest BCUT2D eigenvalue weighted by Crippen LogP contribution is -2.60. The fourth-order valence-corrected chi connectivity index (χ4v) is 6.05. The molecule has 50 heavy (non-hydrogen) atoms. The molecule has 3 aromatic rings. The van der Waals surface area contributed by atoms with Crippen LogP contribution in [0.4, 0.5) is 0 Å². The number of phenolic OH excluding ortho intramolecular Hbond substituents is 1. The van der Waals surface area contributed by atoms with Gasteiger partial charge in [0.2, 0.25) is 23.6 Å². The fourth-order valence-electron chi connectivity index (χ4n) is 6.05. The van der Waals surface area contributed by atoms with Gasteiger partial charge >= 0.3 is 5.97 Å². The normalized spacial score (nSPS) is 17.1. The molecule has 0 bridgehead atoms. The Balaban J connectivity index is 1.49. The summed E-state index contributed by atoms with van der Waals surface area (Å²) in [4.78, 5) is 68.3. The van der Waals surface area contributed by atoms with Crippen LogP contribution in [0.1, 0.15) is 49.8 Å². The number of nitrogens with two attached hydrogens (primary N) is 1. The van der Waals surface area contributed by atoms with Crippen molar-refractivity contribution < 1.29 is 34.2 Å². The molecule has 0 aromatic heterocycles. The van der Waals surface area contributed by atoms with Gasteiger partial charge in [0.25, 0.3) is 0 Å². The maximum atomic E-state index is 14.1. The van der Waals surface area contributed by atoms with Gasteiger partial charge in [-0.1, -0.05) is 93.1 Å². The van der Waals surface area contributed by atoms with Crippen LogP contribution < -0.4 is 21.7 Å². The highest BCUT2D eigenvalue weighted by Gasteiger charge is 2.41. The first kappa shape index (κ1) is 37.6. The van der Waals surface area contributed by atoms with Gasteiger partial charge in [0.1, 0.15) is 29.9 Å². The molecule has 1 aliphatic rings. The van der Waals surface area contributed by atoms with Gasteiger partial charge in [0.15, 0.2) is 0 Å². The molecule has 4 amide bonds. The molecule has 266 valence electrons. The minimum atomic E-state index is -1.26. The Kier molecular flexibility index (Phi) is 13.5. The Hall–Kier alpha value is -5.23. The SMILES string of the molecule is CC[C@H](C)[C@H](NC(=O)[C@H](Cc1ccccc1)NC(=O)[C@@H](N)Cc1ccccc1)C(=O)N1CCC[C@H]1C(=O)N[C@@H](Cc1ccc(O)cc1)C(=O)O. The minimum absolute atomic E-state index is 0.0168. The summed E-state index contributed by atoms with van der Waals surface area (Å²) in [7, 11) is 0. The summed E-state index contributed by atoms with van der Waals surface area (Å²) in [6.45, 7) is 3.97. The first-order chi connectivity index (χ1) is 24.0. The van der Waals surface area contributed by atoms with Gasteiger partial charge in [0, 0.05) is 19.4 Å². The van der Waals surface area contributed by atoms with E-state index in [-0.39, 0.29) is 37.5 Å². The number of carboxylic acids is 1. The van der Waals surface area contributed by atoms with Gasteiger partial charge in [-0.15, -0.1) is 0 Å². The second-order valence-corrected chi connectivity index (χ2v) is 12.9. The van der Waals surface area contributed by atoms with Crippen LogP contribution in [0, 0.1) is 5.92 Å². The van der Waals surface area contributed by atoms with Crippen LogP contribution in [-0.2, 0) is 43.2 Å². The molecule has 4 rings (SSSR count). The van der Waals surface area contributed by atoms with E-state index in [0.29, 0.717) is 24.8 Å². The Morgan fingerprint density at radius 3 is 1.92 bits per heavy atom. The second kappa shape index (κ2) is 18.0. The van der Waals surface area contributed by atoms with E-state index in [1.165, 1.54) is 17.0 Å². The van der Waals surface area contributed by atoms with Gasteiger partial charge in [-0.05, 0) is 54.0 Å². The van der Waals surface area contributed by atoms with Crippen molar-refractivity contribution in [1.82, 2.24) is 20.9 Å². The van der Waals surface area contributed by atoms with Crippen molar-refractivity contribution in [2.45, 2.75) is 82.6 Å². The standard InChI is InChI=1S/C38H47N5O7/c1-3-24(2)33(37(48)43-20-10-15-32(43)36(47)41-31(38(49)50)23-27-16-18-28(44)19-17-27)42-35(46)30(22-26-13-8-5-9-14-26)40-34(45)29(39)21-25-11-6-4-7-12-25/h4-9,11-14,16-19,24,29-33,44H,3,10,15,20-23,39H2,1-2H3,(H,40,45)(H,41,47)(H,42,46)(H,49,50)/t24-,29-,30-,31-,32-,33-/m0/s1. The van der Waals surface area contributed by atoms with E-state index < -0.39 is 59.8 Å². The molecular formula is C38H47N5O7. The summed E-state index contributed by atoms with van der Waals surface area (Å²) in [5.74, 6) is -3.65. The summed E-state index contributed by atoms with van der Waals surface area (Å²) in [6.07, 6.45) is 1.80. The number of carbonyl (C=O) groups is 5. The van der Waals surface area contributed by atoms with Crippen LogP contribution in [0.25, 0.3) is 0 Å². The molecule has 1 fully saturated rings. The van der Waals surface area contributed by atoms with Crippen molar-refractivity contribution in [2.24, 2.45) is 11.7 Å². The highest BCUT2D eigenvalue weighted by atomic mass is 16.4. The zero-order valence-corrected chi connectivity index (χ0v) is 28.5. The summed E-state index contributed by atoms with van der Waals surface area (Å²) < 4.78 is 0. The van der Waals surface area contributed by atoms with E-state index in [0.717, 1.165) is 11.1 Å². The summed E-state index contributed by atoms with van der Waals surface area (Å²) >= 11 is 0. The van der Waals surface area contributed by atoms with E-state index in [4.69, 9.17) is 5.73 Å². The van der Waals surface area contributed by atoms with E-state index in [1.54, 1.807) is 12.1 Å². The quantitative estimate of drug-likeness (QED) is 0.132. The average Bonchev–Trinajstić information content (AvgIpc) is 3.61. The molecular weight excluding hydrogens is 638 g/mol. The van der Waals surface area contributed by atoms with Gasteiger partial charge in [-0.25, -0.2) is 4.79 Å². The number of rotatable bonds is 16. The Labute approximate surface area is 292 Å². The smallest absolute Gasteiger partial charge is 0.326 e. The zero-order chi connectivity index (χ0) is 36.2. The first-order valence-corrected chi connectivity index (χ1v) is 17.0. The van der Waals surface area contributed by atoms with Gasteiger partial charge in [-0.2, -0.15) is 0 Å². The Bertz CT molecular complexity index is 1600.